The first-order valence-corrected chi connectivity index (χ1v) is 9.05. The molecule has 0 radical (unpaired) electrons. The normalized spacial score (nSPS) is 14.3. The molecule has 6 heteroatoms. The number of hydrogen-bond donors (Lipinski definition) is 0. The first kappa shape index (κ1) is 16.2. The van der Waals surface area contributed by atoms with E-state index < -0.39 is 0 Å². The Morgan fingerprint density at radius 1 is 1.28 bits per heavy atom. The number of rotatable bonds is 4. The summed E-state index contributed by atoms with van der Waals surface area (Å²) in [5.74, 6) is 0.806. The van der Waals surface area contributed by atoms with Crippen molar-refractivity contribution < 1.29 is 9.13 Å². The molecule has 0 saturated heterocycles. The number of ether oxygens (including phenoxy) is 1. The summed E-state index contributed by atoms with van der Waals surface area (Å²) in [6.45, 7) is 2.14. The molecule has 1 aromatic carbocycles. The zero-order valence-electron chi connectivity index (χ0n) is 13.9. The van der Waals surface area contributed by atoms with E-state index in [1.165, 1.54) is 7.11 Å². The van der Waals surface area contributed by atoms with Gasteiger partial charge in [0.1, 0.15) is 0 Å². The van der Waals surface area contributed by atoms with Crippen LogP contribution >= 0.6 is 11.3 Å². The van der Waals surface area contributed by atoms with Crippen LogP contribution in [0.1, 0.15) is 16.8 Å². The van der Waals surface area contributed by atoms with Gasteiger partial charge in [0.05, 0.1) is 17.7 Å². The molecule has 1 aliphatic rings. The van der Waals surface area contributed by atoms with Gasteiger partial charge in [0.25, 0.3) is 0 Å². The highest BCUT2D eigenvalue weighted by atomic mass is 32.1. The maximum Gasteiger partial charge on any atom is 0.169 e. The number of aromatic nitrogens is 2. The number of nitrogens with zero attached hydrogens (tertiary/aromatic N) is 3. The van der Waals surface area contributed by atoms with E-state index in [0.29, 0.717) is 17.9 Å². The molecule has 3 aromatic rings. The molecule has 128 valence electrons. The minimum Gasteiger partial charge on any atom is -0.494 e. The van der Waals surface area contributed by atoms with Crippen molar-refractivity contribution in [1.82, 2.24) is 14.9 Å². The second-order valence-corrected chi connectivity index (χ2v) is 6.98. The van der Waals surface area contributed by atoms with Gasteiger partial charge in [-0.3, -0.25) is 4.90 Å². The molecule has 1 aliphatic heterocycles. The molecule has 0 unspecified atom stereocenters. The number of thiophene rings is 1. The van der Waals surface area contributed by atoms with E-state index in [0.717, 1.165) is 41.5 Å². The molecule has 0 bridgehead atoms. The summed E-state index contributed by atoms with van der Waals surface area (Å²) < 4.78 is 19.4. The first-order valence-electron chi connectivity index (χ1n) is 8.17. The Kier molecular flexibility index (Phi) is 4.46. The van der Waals surface area contributed by atoms with E-state index in [-0.39, 0.29) is 5.82 Å². The van der Waals surface area contributed by atoms with Gasteiger partial charge in [-0.05, 0) is 17.5 Å². The summed E-state index contributed by atoms with van der Waals surface area (Å²) in [5.41, 5.74) is 2.87. The lowest BCUT2D eigenvalue weighted by Gasteiger charge is -2.28. The highest BCUT2D eigenvalue weighted by molar-refractivity contribution is 7.13. The summed E-state index contributed by atoms with van der Waals surface area (Å²) >= 11 is 1.65. The Balaban J connectivity index is 1.52. The molecule has 25 heavy (non-hydrogen) atoms. The standard InChI is InChI=1S/C19H18FN3OS/c1-24-16-5-2-4-13(18(16)20)11-23-8-7-15-14(12-23)10-21-19(22-15)17-6-3-9-25-17/h2-6,9-10H,7-8,11-12H2,1H3. The molecule has 0 fully saturated rings. The minimum absolute atomic E-state index is 0.278. The fourth-order valence-corrected chi connectivity index (χ4v) is 3.78. The zero-order chi connectivity index (χ0) is 17.2. The third-order valence-electron chi connectivity index (χ3n) is 4.41. The van der Waals surface area contributed by atoms with Crippen molar-refractivity contribution in [2.24, 2.45) is 0 Å². The lowest BCUT2D eigenvalue weighted by molar-refractivity contribution is 0.238. The van der Waals surface area contributed by atoms with Gasteiger partial charge in [0, 0.05) is 43.4 Å². The van der Waals surface area contributed by atoms with Crippen molar-refractivity contribution >= 4 is 11.3 Å². The Bertz CT molecular complexity index is 882. The lowest BCUT2D eigenvalue weighted by Crippen LogP contribution is -2.31. The molecule has 0 amide bonds. The van der Waals surface area contributed by atoms with Crippen LogP contribution in [-0.2, 0) is 19.5 Å². The van der Waals surface area contributed by atoms with Crippen LogP contribution in [0, 0.1) is 5.82 Å². The molecule has 0 N–H and O–H groups in total. The minimum atomic E-state index is -0.278. The Hall–Kier alpha value is -2.31. The van der Waals surface area contributed by atoms with Crippen LogP contribution in [0.3, 0.4) is 0 Å². The predicted molar refractivity (Wildman–Crippen MR) is 96.1 cm³/mol. The van der Waals surface area contributed by atoms with Gasteiger partial charge in [-0.15, -0.1) is 11.3 Å². The molecular weight excluding hydrogens is 337 g/mol. The molecule has 4 nitrogen and oxygen atoms in total. The highest BCUT2D eigenvalue weighted by Crippen LogP contribution is 2.26. The van der Waals surface area contributed by atoms with Gasteiger partial charge in [0.2, 0.25) is 0 Å². The van der Waals surface area contributed by atoms with Crippen LogP contribution in [0.4, 0.5) is 4.39 Å². The Morgan fingerprint density at radius 2 is 2.20 bits per heavy atom. The van der Waals surface area contributed by atoms with Crippen molar-refractivity contribution in [3.8, 4) is 16.5 Å². The van der Waals surface area contributed by atoms with Crippen molar-refractivity contribution in [1.29, 1.82) is 0 Å². The van der Waals surface area contributed by atoms with E-state index >= 15 is 0 Å². The van der Waals surface area contributed by atoms with E-state index in [1.54, 1.807) is 17.4 Å². The van der Waals surface area contributed by atoms with Crippen LogP contribution in [0.25, 0.3) is 10.7 Å². The van der Waals surface area contributed by atoms with Crippen molar-refractivity contribution in [3.05, 3.63) is 64.5 Å². The fourth-order valence-electron chi connectivity index (χ4n) is 3.11. The predicted octanol–water partition coefficient (Wildman–Crippen LogP) is 3.91. The number of methoxy groups -OCH3 is 1. The van der Waals surface area contributed by atoms with Crippen LogP contribution in [-0.4, -0.2) is 28.5 Å². The number of fused-ring (bicyclic) bond motifs is 1. The van der Waals surface area contributed by atoms with E-state index in [9.17, 15) is 4.39 Å². The van der Waals surface area contributed by atoms with Crippen LogP contribution < -0.4 is 4.74 Å². The molecule has 0 aliphatic carbocycles. The third-order valence-corrected chi connectivity index (χ3v) is 5.28. The summed E-state index contributed by atoms with van der Waals surface area (Å²) in [6, 6.07) is 9.32. The lowest BCUT2D eigenvalue weighted by atomic mass is 10.1. The van der Waals surface area contributed by atoms with Gasteiger partial charge in [-0.2, -0.15) is 0 Å². The zero-order valence-corrected chi connectivity index (χ0v) is 14.7. The third kappa shape index (κ3) is 3.27. The number of halogens is 1. The maximum absolute atomic E-state index is 14.4. The van der Waals surface area contributed by atoms with E-state index in [1.807, 2.05) is 35.8 Å². The summed E-state index contributed by atoms with van der Waals surface area (Å²) in [7, 11) is 1.49. The molecule has 3 heterocycles. The summed E-state index contributed by atoms with van der Waals surface area (Å²) in [6.07, 6.45) is 2.76. The van der Waals surface area contributed by atoms with Crippen molar-refractivity contribution in [2.75, 3.05) is 13.7 Å². The topological polar surface area (TPSA) is 38.2 Å². The monoisotopic (exact) mass is 355 g/mol. The van der Waals surface area contributed by atoms with Gasteiger partial charge in [-0.25, -0.2) is 14.4 Å². The van der Waals surface area contributed by atoms with Gasteiger partial charge in [-0.1, -0.05) is 18.2 Å². The number of hydrogen-bond acceptors (Lipinski definition) is 5. The maximum atomic E-state index is 14.4. The van der Waals surface area contributed by atoms with E-state index in [2.05, 4.69) is 9.88 Å². The molecular formula is C19H18FN3OS. The summed E-state index contributed by atoms with van der Waals surface area (Å²) in [5, 5.41) is 2.03. The SMILES string of the molecule is COc1cccc(CN2CCc3nc(-c4cccs4)ncc3C2)c1F. The largest absolute Gasteiger partial charge is 0.494 e. The molecule has 0 atom stereocenters. The molecule has 0 saturated carbocycles. The smallest absolute Gasteiger partial charge is 0.169 e. The Morgan fingerprint density at radius 3 is 3.00 bits per heavy atom. The van der Waals surface area contributed by atoms with Crippen molar-refractivity contribution in [3.63, 3.8) is 0 Å². The van der Waals surface area contributed by atoms with Crippen LogP contribution in [0.15, 0.2) is 41.9 Å². The average Bonchev–Trinajstić information content (AvgIpc) is 3.18. The quantitative estimate of drug-likeness (QED) is 0.711. The van der Waals surface area contributed by atoms with Crippen LogP contribution in [0.5, 0.6) is 5.75 Å². The molecule has 0 spiro atoms. The van der Waals surface area contributed by atoms with Gasteiger partial charge >= 0.3 is 0 Å². The highest BCUT2D eigenvalue weighted by Gasteiger charge is 2.20. The first-order chi connectivity index (χ1) is 12.2. The number of benzene rings is 1. The van der Waals surface area contributed by atoms with Gasteiger partial charge < -0.3 is 4.74 Å². The second-order valence-electron chi connectivity index (χ2n) is 6.04. The Labute approximate surface area is 149 Å². The fraction of sp³-hybridized carbons (Fsp3) is 0.263. The molecule has 4 rings (SSSR count). The second kappa shape index (κ2) is 6.90. The summed E-state index contributed by atoms with van der Waals surface area (Å²) in [4.78, 5) is 12.5. The molecule has 2 aromatic heterocycles. The van der Waals surface area contributed by atoms with Gasteiger partial charge in [0.15, 0.2) is 17.4 Å². The average molecular weight is 355 g/mol. The van der Waals surface area contributed by atoms with Crippen LogP contribution in [0.2, 0.25) is 0 Å². The van der Waals surface area contributed by atoms with E-state index in [4.69, 9.17) is 9.72 Å². The van der Waals surface area contributed by atoms with Crippen molar-refractivity contribution in [2.45, 2.75) is 19.5 Å².